The monoisotopic (exact) mass is 290 g/mol. The molecule has 0 fully saturated rings. The molecular formula is C15H18N2O2S. The lowest BCUT2D eigenvalue weighted by atomic mass is 10.2. The Bertz CT molecular complexity index is 747. The van der Waals surface area contributed by atoms with Gasteiger partial charge >= 0.3 is 0 Å². The first-order chi connectivity index (χ1) is 9.48. The quantitative estimate of drug-likeness (QED) is 0.852. The van der Waals surface area contributed by atoms with Crippen LogP contribution in [0.2, 0.25) is 0 Å². The van der Waals surface area contributed by atoms with E-state index in [1.165, 1.54) is 0 Å². The fourth-order valence-electron chi connectivity index (χ4n) is 2.62. The molecule has 0 atom stereocenters. The van der Waals surface area contributed by atoms with Gasteiger partial charge in [0, 0.05) is 25.0 Å². The lowest BCUT2D eigenvalue weighted by molar-refractivity contribution is 0.341. The fourth-order valence-corrected chi connectivity index (χ4v) is 4.33. The van der Waals surface area contributed by atoms with E-state index in [-0.39, 0.29) is 0 Å². The summed E-state index contributed by atoms with van der Waals surface area (Å²) in [5.41, 5.74) is 2.82. The van der Waals surface area contributed by atoms with Gasteiger partial charge in [-0.1, -0.05) is 12.1 Å². The maximum Gasteiger partial charge on any atom is 0.243 e. The van der Waals surface area contributed by atoms with Crippen LogP contribution in [0, 0.1) is 13.8 Å². The molecule has 0 saturated heterocycles. The maximum absolute atomic E-state index is 12.8. The van der Waals surface area contributed by atoms with Gasteiger partial charge in [0.05, 0.1) is 11.4 Å². The second-order valence-electron chi connectivity index (χ2n) is 5.30. The third-order valence-corrected chi connectivity index (χ3v) is 5.80. The van der Waals surface area contributed by atoms with Crippen LogP contribution in [-0.4, -0.2) is 23.8 Å². The third kappa shape index (κ3) is 2.17. The Morgan fingerprint density at radius 2 is 1.90 bits per heavy atom. The molecule has 106 valence electrons. The molecule has 0 radical (unpaired) electrons. The first-order valence-electron chi connectivity index (χ1n) is 6.70. The molecule has 0 aliphatic carbocycles. The largest absolute Gasteiger partial charge is 0.349 e. The van der Waals surface area contributed by atoms with Crippen LogP contribution in [0.1, 0.15) is 16.8 Å². The molecule has 2 aromatic rings. The highest BCUT2D eigenvalue weighted by atomic mass is 32.2. The maximum atomic E-state index is 12.8. The Labute approximate surface area is 119 Å². The van der Waals surface area contributed by atoms with E-state index in [2.05, 4.69) is 4.57 Å². The van der Waals surface area contributed by atoms with Gasteiger partial charge in [0.25, 0.3) is 0 Å². The van der Waals surface area contributed by atoms with E-state index in [9.17, 15) is 8.42 Å². The summed E-state index contributed by atoms with van der Waals surface area (Å²) in [5.74, 6) is 0. The van der Waals surface area contributed by atoms with Crippen molar-refractivity contribution in [2.75, 3.05) is 6.54 Å². The van der Waals surface area contributed by atoms with Gasteiger partial charge in [-0.05, 0) is 43.2 Å². The highest BCUT2D eigenvalue weighted by Crippen LogP contribution is 2.25. The lowest BCUT2D eigenvalue weighted by Gasteiger charge is -2.28. The van der Waals surface area contributed by atoms with Crippen LogP contribution in [0.3, 0.4) is 0 Å². The van der Waals surface area contributed by atoms with E-state index in [1.807, 2.05) is 44.3 Å². The summed E-state index contributed by atoms with van der Waals surface area (Å²) in [6, 6.07) is 9.51. The molecule has 4 nitrogen and oxygen atoms in total. The van der Waals surface area contributed by atoms with Crippen LogP contribution in [0.15, 0.2) is 41.4 Å². The number of nitrogens with zero attached hydrogens (tertiary/aromatic N) is 2. The van der Waals surface area contributed by atoms with Crippen molar-refractivity contribution >= 4 is 10.0 Å². The molecule has 0 bridgehead atoms. The van der Waals surface area contributed by atoms with Crippen molar-refractivity contribution in [1.29, 1.82) is 0 Å². The minimum absolute atomic E-state index is 0.428. The zero-order valence-corrected chi connectivity index (χ0v) is 12.5. The number of sulfonamides is 1. The van der Waals surface area contributed by atoms with Crippen molar-refractivity contribution in [2.24, 2.45) is 0 Å². The summed E-state index contributed by atoms with van der Waals surface area (Å²) in [5, 5.41) is 0. The molecular weight excluding hydrogens is 272 g/mol. The highest BCUT2D eigenvalue weighted by Gasteiger charge is 2.29. The second kappa shape index (κ2) is 4.75. The average Bonchev–Trinajstić information content (AvgIpc) is 2.88. The first-order valence-corrected chi connectivity index (χ1v) is 8.14. The number of benzene rings is 1. The van der Waals surface area contributed by atoms with E-state index in [0.29, 0.717) is 24.5 Å². The Kier molecular flexibility index (Phi) is 3.18. The molecule has 0 amide bonds. The summed E-state index contributed by atoms with van der Waals surface area (Å²) in [4.78, 5) is 0.428. The first kappa shape index (κ1) is 13.4. The molecule has 20 heavy (non-hydrogen) atoms. The Morgan fingerprint density at radius 1 is 1.10 bits per heavy atom. The van der Waals surface area contributed by atoms with Gasteiger partial charge < -0.3 is 4.57 Å². The number of hydrogen-bond acceptors (Lipinski definition) is 2. The SMILES string of the molecule is Cc1ccc(C)c(S(=O)(=O)N2CCn3cccc3C2)c1. The summed E-state index contributed by atoms with van der Waals surface area (Å²) in [6.07, 6.45) is 2.00. The van der Waals surface area contributed by atoms with E-state index < -0.39 is 10.0 Å². The zero-order valence-electron chi connectivity index (χ0n) is 11.7. The van der Waals surface area contributed by atoms with E-state index >= 15 is 0 Å². The normalized spacial score (nSPS) is 16.1. The molecule has 1 aliphatic heterocycles. The lowest BCUT2D eigenvalue weighted by Crippen LogP contribution is -2.38. The van der Waals surface area contributed by atoms with Crippen LogP contribution >= 0.6 is 0 Å². The molecule has 0 unspecified atom stereocenters. The molecule has 3 rings (SSSR count). The summed E-state index contributed by atoms with van der Waals surface area (Å²) >= 11 is 0. The number of aryl methyl sites for hydroxylation is 2. The summed E-state index contributed by atoms with van der Waals surface area (Å²) in [7, 11) is -3.42. The minimum atomic E-state index is -3.42. The summed E-state index contributed by atoms with van der Waals surface area (Å²) in [6.45, 7) is 5.45. The molecule has 2 heterocycles. The Morgan fingerprint density at radius 3 is 2.70 bits per heavy atom. The number of hydrogen-bond donors (Lipinski definition) is 0. The van der Waals surface area contributed by atoms with Gasteiger partial charge in [-0.3, -0.25) is 0 Å². The van der Waals surface area contributed by atoms with Crippen LogP contribution < -0.4 is 0 Å². The number of rotatable bonds is 2. The van der Waals surface area contributed by atoms with Gasteiger partial charge in [-0.15, -0.1) is 0 Å². The minimum Gasteiger partial charge on any atom is -0.349 e. The predicted octanol–water partition coefficient (Wildman–Crippen LogP) is 2.31. The fraction of sp³-hybridized carbons (Fsp3) is 0.333. The predicted molar refractivity (Wildman–Crippen MR) is 77.9 cm³/mol. The van der Waals surface area contributed by atoms with Gasteiger partial charge in [0.2, 0.25) is 10.0 Å². The van der Waals surface area contributed by atoms with Crippen molar-refractivity contribution in [3.63, 3.8) is 0 Å². The van der Waals surface area contributed by atoms with Crippen LogP contribution in [0.5, 0.6) is 0 Å². The zero-order chi connectivity index (χ0) is 14.3. The van der Waals surface area contributed by atoms with Gasteiger partial charge in [0.1, 0.15) is 0 Å². The molecule has 5 heteroatoms. The van der Waals surface area contributed by atoms with Crippen molar-refractivity contribution in [1.82, 2.24) is 8.87 Å². The molecule has 0 spiro atoms. The van der Waals surface area contributed by atoms with Crippen LogP contribution in [0.4, 0.5) is 0 Å². The van der Waals surface area contributed by atoms with Crippen molar-refractivity contribution in [3.05, 3.63) is 53.3 Å². The van der Waals surface area contributed by atoms with E-state index in [0.717, 1.165) is 16.8 Å². The van der Waals surface area contributed by atoms with Gasteiger partial charge in [-0.25, -0.2) is 8.42 Å². The molecule has 0 saturated carbocycles. The van der Waals surface area contributed by atoms with E-state index in [4.69, 9.17) is 0 Å². The third-order valence-electron chi connectivity index (χ3n) is 3.81. The van der Waals surface area contributed by atoms with Gasteiger partial charge in [-0.2, -0.15) is 4.31 Å². The standard InChI is InChI=1S/C15H18N2O2S/c1-12-5-6-13(2)15(10-12)20(18,19)17-9-8-16-7-3-4-14(16)11-17/h3-7,10H,8-9,11H2,1-2H3. The van der Waals surface area contributed by atoms with Crippen molar-refractivity contribution in [3.8, 4) is 0 Å². The molecule has 1 aliphatic rings. The van der Waals surface area contributed by atoms with E-state index in [1.54, 1.807) is 10.4 Å². The van der Waals surface area contributed by atoms with Crippen LogP contribution in [0.25, 0.3) is 0 Å². The highest BCUT2D eigenvalue weighted by molar-refractivity contribution is 7.89. The smallest absolute Gasteiger partial charge is 0.243 e. The van der Waals surface area contributed by atoms with Crippen molar-refractivity contribution in [2.45, 2.75) is 31.8 Å². The Balaban J connectivity index is 1.99. The second-order valence-corrected chi connectivity index (χ2v) is 7.21. The molecule has 0 N–H and O–H groups in total. The number of aromatic nitrogens is 1. The topological polar surface area (TPSA) is 42.3 Å². The number of fused-ring (bicyclic) bond motifs is 1. The van der Waals surface area contributed by atoms with Crippen molar-refractivity contribution < 1.29 is 8.42 Å². The van der Waals surface area contributed by atoms with Gasteiger partial charge in [0.15, 0.2) is 0 Å². The molecule has 1 aromatic carbocycles. The average molecular weight is 290 g/mol. The summed E-state index contributed by atoms with van der Waals surface area (Å²) < 4.78 is 29.3. The van der Waals surface area contributed by atoms with Crippen LogP contribution in [-0.2, 0) is 23.1 Å². The molecule has 1 aromatic heterocycles. The Hall–Kier alpha value is -1.59.